The maximum atomic E-state index is 12.2. The molecule has 3 unspecified atom stereocenters. The molecule has 0 saturated carbocycles. The minimum atomic E-state index is -0.944. The monoisotopic (exact) mass is 523 g/mol. The van der Waals surface area contributed by atoms with Crippen LogP contribution in [0.5, 0.6) is 0 Å². The number of unbranched alkanes of at least 4 members (excludes halogenated alkanes) is 16. The van der Waals surface area contributed by atoms with Gasteiger partial charge in [0.2, 0.25) is 5.91 Å². The summed E-state index contributed by atoms with van der Waals surface area (Å²) in [7, 11) is 0. The number of hydrogen-bond acceptors (Lipinski definition) is 4. The average molecular weight is 524 g/mol. The first-order valence-corrected chi connectivity index (χ1v) is 15.6. The highest BCUT2D eigenvalue weighted by molar-refractivity contribution is 5.76. The lowest BCUT2D eigenvalue weighted by atomic mass is 10.0. The second-order valence-corrected chi connectivity index (χ2v) is 10.7. The number of aliphatic hydroxyl groups is 3. The van der Waals surface area contributed by atoms with Crippen LogP contribution in [0.2, 0.25) is 0 Å². The van der Waals surface area contributed by atoms with Crippen LogP contribution in [-0.2, 0) is 4.79 Å². The summed E-state index contributed by atoms with van der Waals surface area (Å²) in [6.07, 6.45) is 30.2. The van der Waals surface area contributed by atoms with Crippen molar-refractivity contribution in [3.05, 3.63) is 24.3 Å². The molecule has 3 atom stereocenters. The molecule has 5 heteroatoms. The predicted molar refractivity (Wildman–Crippen MR) is 158 cm³/mol. The fourth-order valence-electron chi connectivity index (χ4n) is 4.53. The van der Waals surface area contributed by atoms with Gasteiger partial charge in [-0.2, -0.15) is 0 Å². The van der Waals surface area contributed by atoms with Gasteiger partial charge in [0.15, 0.2) is 0 Å². The Bertz CT molecular complexity index is 549. The van der Waals surface area contributed by atoms with E-state index in [1.54, 1.807) is 6.08 Å². The van der Waals surface area contributed by atoms with Crippen molar-refractivity contribution in [2.75, 3.05) is 6.61 Å². The highest BCUT2D eigenvalue weighted by Gasteiger charge is 2.19. The molecule has 0 spiro atoms. The highest BCUT2D eigenvalue weighted by atomic mass is 16.3. The maximum Gasteiger partial charge on any atom is 0.222 e. The molecule has 1 amide bonds. The molecule has 0 aliphatic heterocycles. The van der Waals surface area contributed by atoms with Gasteiger partial charge in [0.25, 0.3) is 0 Å². The van der Waals surface area contributed by atoms with Gasteiger partial charge in [0, 0.05) is 0 Å². The van der Waals surface area contributed by atoms with Gasteiger partial charge in [0.05, 0.1) is 31.3 Å². The predicted octanol–water partition coefficient (Wildman–Crippen LogP) is 7.53. The Hall–Kier alpha value is -1.17. The van der Waals surface area contributed by atoms with Crippen LogP contribution in [0.15, 0.2) is 24.3 Å². The van der Waals surface area contributed by atoms with Gasteiger partial charge < -0.3 is 20.6 Å². The molecule has 0 aromatic carbocycles. The molecule has 0 rings (SSSR count). The molecular weight excluding hydrogens is 462 g/mol. The van der Waals surface area contributed by atoms with Crippen LogP contribution >= 0.6 is 0 Å². The van der Waals surface area contributed by atoms with Crippen LogP contribution in [0, 0.1) is 0 Å². The second kappa shape index (κ2) is 27.9. The Morgan fingerprint density at radius 1 is 0.676 bits per heavy atom. The molecule has 4 N–H and O–H groups in total. The van der Waals surface area contributed by atoms with Crippen molar-refractivity contribution in [3.63, 3.8) is 0 Å². The van der Waals surface area contributed by atoms with Crippen molar-refractivity contribution in [2.45, 2.75) is 167 Å². The number of carbonyl (C=O) groups is 1. The normalized spacial score (nSPS) is 14.4. The van der Waals surface area contributed by atoms with E-state index < -0.39 is 18.2 Å². The molecule has 0 fully saturated rings. The standard InChI is InChI=1S/C32H61NO4/c1-3-5-7-9-11-13-14-15-16-17-18-20-22-24-26-31(36)30(28-34)33-32(37)27-29(35)25-23-21-19-12-10-8-6-4-2/h17-18,24,26,29-31,34-36H,3-16,19-23,25,27-28H2,1-2H3,(H,33,37)/b18-17+,26-24+. The fraction of sp³-hybridized carbons (Fsp3) is 0.844. The van der Waals surface area contributed by atoms with E-state index in [4.69, 9.17) is 0 Å². The third kappa shape index (κ3) is 24.9. The third-order valence-corrected chi connectivity index (χ3v) is 6.99. The molecule has 0 aliphatic rings. The lowest BCUT2D eigenvalue weighted by molar-refractivity contribution is -0.124. The van der Waals surface area contributed by atoms with Gasteiger partial charge in [-0.05, 0) is 32.1 Å². The fourth-order valence-corrected chi connectivity index (χ4v) is 4.53. The lowest BCUT2D eigenvalue weighted by Gasteiger charge is -2.21. The molecule has 0 heterocycles. The smallest absolute Gasteiger partial charge is 0.222 e. The molecule has 0 aliphatic carbocycles. The highest BCUT2D eigenvalue weighted by Crippen LogP contribution is 2.12. The van der Waals surface area contributed by atoms with Crippen LogP contribution in [0.25, 0.3) is 0 Å². The Morgan fingerprint density at radius 3 is 1.73 bits per heavy atom. The topological polar surface area (TPSA) is 89.8 Å². The summed E-state index contributed by atoms with van der Waals surface area (Å²) < 4.78 is 0. The van der Waals surface area contributed by atoms with E-state index in [0.717, 1.165) is 32.1 Å². The summed E-state index contributed by atoms with van der Waals surface area (Å²) >= 11 is 0. The molecule has 0 radical (unpaired) electrons. The molecule has 0 aromatic rings. The van der Waals surface area contributed by atoms with E-state index in [2.05, 4.69) is 31.3 Å². The Labute approximate surface area is 229 Å². The first-order chi connectivity index (χ1) is 18.0. The second-order valence-electron chi connectivity index (χ2n) is 10.7. The number of nitrogens with one attached hydrogen (secondary N) is 1. The van der Waals surface area contributed by atoms with Crippen LogP contribution in [0.1, 0.15) is 149 Å². The van der Waals surface area contributed by atoms with E-state index in [-0.39, 0.29) is 18.9 Å². The van der Waals surface area contributed by atoms with E-state index in [0.29, 0.717) is 6.42 Å². The number of allylic oxidation sites excluding steroid dienone is 3. The molecule has 0 aromatic heterocycles. The summed E-state index contributed by atoms with van der Waals surface area (Å²) in [5.74, 6) is -0.331. The summed E-state index contributed by atoms with van der Waals surface area (Å²) in [6, 6.07) is -0.753. The summed E-state index contributed by atoms with van der Waals surface area (Å²) in [6.45, 7) is 4.13. The number of amides is 1. The number of rotatable bonds is 27. The Kier molecular flexibility index (Phi) is 27.0. The van der Waals surface area contributed by atoms with E-state index in [9.17, 15) is 20.1 Å². The third-order valence-electron chi connectivity index (χ3n) is 6.99. The zero-order valence-corrected chi connectivity index (χ0v) is 24.3. The van der Waals surface area contributed by atoms with Crippen molar-refractivity contribution in [1.82, 2.24) is 5.32 Å². The molecule has 218 valence electrons. The van der Waals surface area contributed by atoms with Crippen LogP contribution in [0.4, 0.5) is 0 Å². The van der Waals surface area contributed by atoms with E-state index in [1.165, 1.54) is 89.9 Å². The zero-order chi connectivity index (χ0) is 27.4. The van der Waals surface area contributed by atoms with Crippen molar-refractivity contribution >= 4 is 5.91 Å². The molecular formula is C32H61NO4. The minimum absolute atomic E-state index is 0.00703. The molecule has 5 nitrogen and oxygen atoms in total. The van der Waals surface area contributed by atoms with Gasteiger partial charge >= 0.3 is 0 Å². The van der Waals surface area contributed by atoms with Crippen molar-refractivity contribution in [3.8, 4) is 0 Å². The first kappa shape index (κ1) is 35.8. The van der Waals surface area contributed by atoms with Crippen molar-refractivity contribution in [1.29, 1.82) is 0 Å². The van der Waals surface area contributed by atoms with Gasteiger partial charge in [-0.15, -0.1) is 0 Å². The van der Waals surface area contributed by atoms with Crippen LogP contribution in [-0.4, -0.2) is 46.1 Å². The SMILES string of the molecule is CCCCCCCCCC/C=C/CC/C=C/C(O)C(CO)NC(=O)CC(O)CCCCCCCCCC. The number of carbonyl (C=O) groups excluding carboxylic acids is 1. The van der Waals surface area contributed by atoms with E-state index in [1.807, 2.05) is 6.08 Å². The first-order valence-electron chi connectivity index (χ1n) is 15.6. The maximum absolute atomic E-state index is 12.2. The summed E-state index contributed by atoms with van der Waals surface area (Å²) in [4.78, 5) is 12.2. The van der Waals surface area contributed by atoms with Gasteiger partial charge in [-0.25, -0.2) is 0 Å². The Balaban J connectivity index is 3.87. The van der Waals surface area contributed by atoms with Gasteiger partial charge in [0.1, 0.15) is 0 Å². The van der Waals surface area contributed by atoms with Crippen LogP contribution < -0.4 is 5.32 Å². The van der Waals surface area contributed by atoms with Gasteiger partial charge in [-0.1, -0.05) is 134 Å². The number of aliphatic hydroxyl groups excluding tert-OH is 3. The quantitative estimate of drug-likeness (QED) is 0.0661. The molecule has 0 bridgehead atoms. The average Bonchev–Trinajstić information content (AvgIpc) is 2.88. The van der Waals surface area contributed by atoms with Crippen molar-refractivity contribution in [2.24, 2.45) is 0 Å². The zero-order valence-electron chi connectivity index (χ0n) is 24.3. The minimum Gasteiger partial charge on any atom is -0.394 e. The number of hydrogen-bond donors (Lipinski definition) is 4. The van der Waals surface area contributed by atoms with Crippen LogP contribution in [0.3, 0.4) is 0 Å². The largest absolute Gasteiger partial charge is 0.394 e. The van der Waals surface area contributed by atoms with E-state index >= 15 is 0 Å². The lowest BCUT2D eigenvalue weighted by Crippen LogP contribution is -2.45. The molecule has 0 saturated heterocycles. The summed E-state index contributed by atoms with van der Waals surface area (Å²) in [5, 5.41) is 32.7. The summed E-state index contributed by atoms with van der Waals surface area (Å²) in [5.41, 5.74) is 0. The van der Waals surface area contributed by atoms with Crippen molar-refractivity contribution < 1.29 is 20.1 Å². The Morgan fingerprint density at radius 2 is 1.16 bits per heavy atom. The van der Waals surface area contributed by atoms with Gasteiger partial charge in [-0.3, -0.25) is 4.79 Å². The molecule has 37 heavy (non-hydrogen) atoms.